The van der Waals surface area contributed by atoms with E-state index in [-0.39, 0.29) is 23.2 Å². The van der Waals surface area contributed by atoms with Crippen molar-refractivity contribution in [2.45, 2.75) is 6.92 Å². The number of ether oxygens (including phenoxy) is 1. The Labute approximate surface area is 178 Å². The van der Waals surface area contributed by atoms with Gasteiger partial charge < -0.3 is 20.0 Å². The van der Waals surface area contributed by atoms with Gasteiger partial charge in [0.2, 0.25) is 0 Å². The number of nitrogens with zero attached hydrogens (tertiary/aromatic N) is 1. The molecule has 31 heavy (non-hydrogen) atoms. The van der Waals surface area contributed by atoms with Crippen LogP contribution in [0.25, 0.3) is 21.8 Å². The van der Waals surface area contributed by atoms with Crippen LogP contribution in [-0.4, -0.2) is 61.4 Å². The Kier molecular flexibility index (Phi) is 4.76. The fourth-order valence-electron chi connectivity index (χ4n) is 4.58. The van der Waals surface area contributed by atoms with Crippen LogP contribution >= 0.6 is 0 Å². The minimum atomic E-state index is -3.72. The molecule has 2 aliphatic heterocycles. The summed E-state index contributed by atoms with van der Waals surface area (Å²) in [4.78, 5) is 30.4. The molecule has 2 saturated heterocycles. The van der Waals surface area contributed by atoms with Gasteiger partial charge in [-0.15, -0.1) is 0 Å². The highest BCUT2D eigenvalue weighted by Gasteiger charge is 2.41. The lowest BCUT2D eigenvalue weighted by atomic mass is 10.0. The monoisotopic (exact) mass is 445 g/mol. The molecule has 1 aromatic carbocycles. The predicted octanol–water partition coefficient (Wildman–Crippen LogP) is 0.994. The molecule has 2 fully saturated rings. The molecule has 0 amide bonds. The summed E-state index contributed by atoms with van der Waals surface area (Å²) in [6.45, 7) is 4.55. The molecule has 0 radical (unpaired) electrons. The van der Waals surface area contributed by atoms with Gasteiger partial charge in [0.05, 0.1) is 17.9 Å². The standard InChI is InChI=1S/C20H23N5O5S/c1-2-30-20(27)15-8-22-18-17(15)14-5-13(3-4-16(14)23-19(18)26)24-31(28,29)25-9-11-6-21-7-12(11)10-25/h3-5,8,11-12,21-22,24H,2,6-7,9-10H2,1H3,(H,23,26). The number of hydrogen-bond donors (Lipinski definition) is 4. The lowest BCUT2D eigenvalue weighted by molar-refractivity contribution is 0.0529. The summed E-state index contributed by atoms with van der Waals surface area (Å²) < 4.78 is 35.1. The molecule has 3 aromatic rings. The van der Waals surface area contributed by atoms with Gasteiger partial charge in [0.15, 0.2) is 0 Å². The number of H-pyrrole nitrogens is 2. The van der Waals surface area contributed by atoms with Gasteiger partial charge >= 0.3 is 16.2 Å². The van der Waals surface area contributed by atoms with E-state index in [1.54, 1.807) is 25.1 Å². The van der Waals surface area contributed by atoms with E-state index in [0.717, 1.165) is 13.1 Å². The molecule has 0 spiro atoms. The third-order valence-electron chi connectivity index (χ3n) is 6.08. The lowest BCUT2D eigenvalue weighted by Crippen LogP contribution is -2.36. The predicted molar refractivity (Wildman–Crippen MR) is 116 cm³/mol. The lowest BCUT2D eigenvalue weighted by Gasteiger charge is -2.19. The molecule has 2 aromatic heterocycles. The maximum absolute atomic E-state index is 13.0. The molecule has 4 N–H and O–H groups in total. The average Bonchev–Trinajstić information content (AvgIpc) is 3.43. The molecule has 2 atom stereocenters. The summed E-state index contributed by atoms with van der Waals surface area (Å²) in [6.07, 6.45) is 1.44. The van der Waals surface area contributed by atoms with Crippen LogP contribution in [-0.2, 0) is 14.9 Å². The molecule has 2 aliphatic rings. The molecule has 4 heterocycles. The summed E-state index contributed by atoms with van der Waals surface area (Å²) in [5, 5.41) is 4.24. The number of benzene rings is 1. The van der Waals surface area contributed by atoms with Gasteiger partial charge in [-0.05, 0) is 50.0 Å². The first-order valence-electron chi connectivity index (χ1n) is 10.2. The Morgan fingerprint density at radius 3 is 2.71 bits per heavy atom. The number of carbonyl (C=O) groups excluding carboxylic acids is 1. The van der Waals surface area contributed by atoms with Gasteiger partial charge in [-0.1, -0.05) is 0 Å². The van der Waals surface area contributed by atoms with Crippen molar-refractivity contribution < 1.29 is 17.9 Å². The maximum atomic E-state index is 13.0. The minimum Gasteiger partial charge on any atom is -0.462 e. The van der Waals surface area contributed by atoms with Crippen molar-refractivity contribution in [1.82, 2.24) is 19.6 Å². The van der Waals surface area contributed by atoms with E-state index in [2.05, 4.69) is 20.0 Å². The van der Waals surface area contributed by atoms with Crippen molar-refractivity contribution >= 4 is 43.7 Å². The van der Waals surface area contributed by atoms with Crippen molar-refractivity contribution in [3.8, 4) is 0 Å². The molecule has 0 bridgehead atoms. The van der Waals surface area contributed by atoms with Crippen LogP contribution in [0.1, 0.15) is 17.3 Å². The summed E-state index contributed by atoms with van der Waals surface area (Å²) in [6, 6.07) is 4.84. The summed E-state index contributed by atoms with van der Waals surface area (Å²) in [7, 11) is -3.72. The number of aromatic amines is 2. The zero-order chi connectivity index (χ0) is 21.8. The summed E-state index contributed by atoms with van der Waals surface area (Å²) in [5.41, 5.74) is 0.936. The number of esters is 1. The van der Waals surface area contributed by atoms with Crippen LogP contribution in [0.5, 0.6) is 0 Å². The fourth-order valence-corrected chi connectivity index (χ4v) is 5.91. The number of aromatic nitrogens is 2. The molecule has 0 aliphatic carbocycles. The Balaban J connectivity index is 1.54. The molecular weight excluding hydrogens is 422 g/mol. The van der Waals surface area contributed by atoms with E-state index < -0.39 is 16.2 Å². The first-order chi connectivity index (χ1) is 14.9. The van der Waals surface area contributed by atoms with Gasteiger partial charge in [-0.2, -0.15) is 12.7 Å². The van der Waals surface area contributed by atoms with Crippen LogP contribution in [0.3, 0.4) is 0 Å². The smallest absolute Gasteiger partial charge is 0.340 e. The number of fused-ring (bicyclic) bond motifs is 4. The largest absolute Gasteiger partial charge is 0.462 e. The first kappa shape index (κ1) is 20.0. The number of carbonyl (C=O) groups is 1. The van der Waals surface area contributed by atoms with Crippen LogP contribution in [0.2, 0.25) is 0 Å². The quantitative estimate of drug-likeness (QED) is 0.433. The Morgan fingerprint density at radius 1 is 1.26 bits per heavy atom. The van der Waals surface area contributed by atoms with E-state index in [1.807, 2.05) is 0 Å². The second-order valence-corrected chi connectivity index (χ2v) is 9.66. The zero-order valence-corrected chi connectivity index (χ0v) is 17.7. The van der Waals surface area contributed by atoms with Gasteiger partial charge in [0, 0.05) is 35.6 Å². The van der Waals surface area contributed by atoms with Crippen molar-refractivity contribution in [2.24, 2.45) is 11.8 Å². The summed E-state index contributed by atoms with van der Waals surface area (Å²) in [5.74, 6) is 0.124. The number of nitrogens with one attached hydrogen (secondary N) is 4. The Bertz CT molecular complexity index is 1330. The number of pyridine rings is 1. The van der Waals surface area contributed by atoms with Crippen LogP contribution in [0.15, 0.2) is 29.2 Å². The van der Waals surface area contributed by atoms with E-state index in [0.29, 0.717) is 46.9 Å². The highest BCUT2D eigenvalue weighted by molar-refractivity contribution is 7.90. The molecule has 0 saturated carbocycles. The second kappa shape index (κ2) is 7.36. The molecule has 164 valence electrons. The minimum absolute atomic E-state index is 0.199. The fraction of sp³-hybridized carbons (Fsp3) is 0.400. The molecular formula is C20H23N5O5S. The third-order valence-corrected chi connectivity index (χ3v) is 7.55. The Morgan fingerprint density at radius 2 is 2.00 bits per heavy atom. The highest BCUT2D eigenvalue weighted by atomic mass is 32.2. The van der Waals surface area contributed by atoms with E-state index in [1.165, 1.54) is 10.5 Å². The van der Waals surface area contributed by atoms with Crippen molar-refractivity contribution in [3.05, 3.63) is 40.3 Å². The van der Waals surface area contributed by atoms with E-state index in [9.17, 15) is 18.0 Å². The van der Waals surface area contributed by atoms with Gasteiger partial charge in [0.25, 0.3) is 5.56 Å². The van der Waals surface area contributed by atoms with Crippen LogP contribution in [0.4, 0.5) is 5.69 Å². The van der Waals surface area contributed by atoms with Gasteiger partial charge in [0.1, 0.15) is 5.52 Å². The highest BCUT2D eigenvalue weighted by Crippen LogP contribution is 2.31. The van der Waals surface area contributed by atoms with Crippen LogP contribution < -0.4 is 15.6 Å². The average molecular weight is 446 g/mol. The molecule has 11 heteroatoms. The van der Waals surface area contributed by atoms with Gasteiger partial charge in [-0.3, -0.25) is 9.52 Å². The zero-order valence-electron chi connectivity index (χ0n) is 16.9. The maximum Gasteiger partial charge on any atom is 0.340 e. The van der Waals surface area contributed by atoms with Crippen molar-refractivity contribution in [2.75, 3.05) is 37.5 Å². The second-order valence-electron chi connectivity index (χ2n) is 7.99. The number of anilines is 1. The van der Waals surface area contributed by atoms with E-state index in [4.69, 9.17) is 4.74 Å². The molecule has 2 unspecified atom stereocenters. The number of hydrogen-bond acceptors (Lipinski definition) is 6. The van der Waals surface area contributed by atoms with Crippen LogP contribution in [0, 0.1) is 11.8 Å². The third kappa shape index (κ3) is 3.38. The topological polar surface area (TPSA) is 136 Å². The molecule has 10 nitrogen and oxygen atoms in total. The van der Waals surface area contributed by atoms with E-state index >= 15 is 0 Å². The molecule has 5 rings (SSSR count). The van der Waals surface area contributed by atoms with Crippen molar-refractivity contribution in [1.29, 1.82) is 0 Å². The normalized spacial score (nSPS) is 21.6. The number of rotatable bonds is 5. The van der Waals surface area contributed by atoms with Crippen molar-refractivity contribution in [3.63, 3.8) is 0 Å². The van der Waals surface area contributed by atoms with Gasteiger partial charge in [-0.25, -0.2) is 4.79 Å². The Hall–Kier alpha value is -2.89. The summed E-state index contributed by atoms with van der Waals surface area (Å²) >= 11 is 0. The first-order valence-corrected chi connectivity index (χ1v) is 11.6. The SMILES string of the molecule is CCOC(=O)c1c[nH]c2c(=O)[nH]c3ccc(NS(=O)(=O)N4CC5CNCC5C4)cc3c12.